The second-order valence-corrected chi connectivity index (χ2v) is 14.5. The van der Waals surface area contributed by atoms with Crippen LogP contribution in [0.15, 0.2) is 255 Å². The number of allylic oxidation sites excluding steroid dienone is 6. The van der Waals surface area contributed by atoms with Gasteiger partial charge in [0.25, 0.3) is 0 Å². The number of nitrogens with two attached hydrogens (primary N) is 1. The van der Waals surface area contributed by atoms with E-state index in [0.29, 0.717) is 0 Å². The van der Waals surface area contributed by atoms with E-state index in [-0.39, 0.29) is 0 Å². The van der Waals surface area contributed by atoms with Crippen molar-refractivity contribution in [3.8, 4) is 33.4 Å². The van der Waals surface area contributed by atoms with Crippen LogP contribution in [0.3, 0.4) is 0 Å². The summed E-state index contributed by atoms with van der Waals surface area (Å²) in [5.74, 6) is 0. The zero-order chi connectivity index (χ0) is 42.5. The lowest BCUT2D eigenvalue weighted by molar-refractivity contribution is 1.26. The summed E-state index contributed by atoms with van der Waals surface area (Å²) in [6.07, 6.45) is 10.9. The molecule has 0 saturated carbocycles. The normalized spacial score (nSPS) is 11.1. The number of nitrogens with one attached hydrogen (secondary N) is 1. The topological polar surface area (TPSA) is 38.0 Å². The highest BCUT2D eigenvalue weighted by atomic mass is 14.9. The Kier molecular flexibility index (Phi) is 16.2. The molecule has 0 aromatic heterocycles. The van der Waals surface area contributed by atoms with Gasteiger partial charge in [0.05, 0.1) is 0 Å². The average molecular weight is 791 g/mol. The predicted octanol–water partition coefficient (Wildman–Crippen LogP) is 15.8. The van der Waals surface area contributed by atoms with Crippen molar-refractivity contribution in [1.29, 1.82) is 0 Å². The minimum absolute atomic E-state index is 0.813. The van der Waals surface area contributed by atoms with Crippen LogP contribution in [0.5, 0.6) is 0 Å². The fourth-order valence-corrected chi connectivity index (χ4v) is 6.70. The molecule has 3 N–H and O–H groups in total. The van der Waals surface area contributed by atoms with Gasteiger partial charge in [-0.25, -0.2) is 0 Å². The standard InChI is InChI=1S/C28H27N.C24H19N.C7H8/c1-3-9-23(10-4-2)26-13-8-14-27(21-26)24-18-15-22(16-19-24)17-20-28(29)25-11-6-5-7-12-25;1-3-7-19(8-4-1)21-11-15-23(16-12-21)25-24-17-13-22(14-18-24)20-9-5-2-6-10-20;1-7-5-3-2-4-6-7/h3-16,18-21H,1,17,29H2,2H3;1-18,25H;2-6H,1H3/b10-4-,23-9+,28-20-;;. The van der Waals surface area contributed by atoms with Crippen molar-refractivity contribution in [3.63, 3.8) is 0 Å². The predicted molar refractivity (Wildman–Crippen MR) is 265 cm³/mol. The molecule has 0 radical (unpaired) electrons. The van der Waals surface area contributed by atoms with E-state index in [0.717, 1.165) is 34.6 Å². The van der Waals surface area contributed by atoms with Crippen molar-refractivity contribution in [2.24, 2.45) is 5.73 Å². The van der Waals surface area contributed by atoms with Crippen molar-refractivity contribution in [2.75, 3.05) is 5.32 Å². The molecule has 0 aliphatic carbocycles. The second-order valence-electron chi connectivity index (χ2n) is 14.5. The third-order valence-electron chi connectivity index (χ3n) is 10.0. The molecule has 0 fully saturated rings. The lowest BCUT2D eigenvalue weighted by Crippen LogP contribution is -1.96. The van der Waals surface area contributed by atoms with Crippen LogP contribution < -0.4 is 11.1 Å². The molecule has 0 amide bonds. The van der Waals surface area contributed by atoms with Gasteiger partial charge in [0, 0.05) is 17.1 Å². The van der Waals surface area contributed by atoms with Crippen LogP contribution >= 0.6 is 0 Å². The molecule has 0 aliphatic rings. The monoisotopic (exact) mass is 790 g/mol. The maximum Gasteiger partial charge on any atom is 0.0384 e. The first-order chi connectivity index (χ1) is 30.0. The highest BCUT2D eigenvalue weighted by Crippen LogP contribution is 2.27. The lowest BCUT2D eigenvalue weighted by Gasteiger charge is -2.09. The largest absolute Gasteiger partial charge is 0.398 e. The number of hydrogen-bond donors (Lipinski definition) is 2. The van der Waals surface area contributed by atoms with Crippen LogP contribution in [0.25, 0.3) is 44.7 Å². The highest BCUT2D eigenvalue weighted by molar-refractivity contribution is 5.79. The van der Waals surface area contributed by atoms with E-state index in [1.165, 1.54) is 50.1 Å². The van der Waals surface area contributed by atoms with Crippen molar-refractivity contribution in [2.45, 2.75) is 20.3 Å². The Bertz CT molecular complexity index is 2520. The molecule has 0 atom stereocenters. The Morgan fingerprint density at radius 3 is 1.39 bits per heavy atom. The van der Waals surface area contributed by atoms with Gasteiger partial charge in [-0.2, -0.15) is 0 Å². The maximum absolute atomic E-state index is 6.20. The summed E-state index contributed by atoms with van der Waals surface area (Å²) >= 11 is 0. The molecule has 61 heavy (non-hydrogen) atoms. The first kappa shape index (κ1) is 42.9. The van der Waals surface area contributed by atoms with E-state index in [2.05, 4.69) is 189 Å². The second kappa shape index (κ2) is 23.0. The van der Waals surface area contributed by atoms with Gasteiger partial charge in [-0.05, 0) is 106 Å². The van der Waals surface area contributed by atoms with Gasteiger partial charge < -0.3 is 11.1 Å². The summed E-state index contributed by atoms with van der Waals surface area (Å²) in [6, 6.07) is 75.5. The Morgan fingerprint density at radius 1 is 0.492 bits per heavy atom. The van der Waals surface area contributed by atoms with Crippen molar-refractivity contribution < 1.29 is 0 Å². The Hall–Kier alpha value is -7.68. The molecule has 8 aromatic rings. The van der Waals surface area contributed by atoms with Crippen molar-refractivity contribution in [3.05, 3.63) is 278 Å². The third-order valence-corrected chi connectivity index (χ3v) is 10.0. The van der Waals surface area contributed by atoms with E-state index in [1.807, 2.05) is 85.8 Å². The first-order valence-electron chi connectivity index (χ1n) is 20.7. The molecule has 0 bridgehead atoms. The third kappa shape index (κ3) is 13.4. The molecule has 0 saturated heterocycles. The quantitative estimate of drug-likeness (QED) is 0.128. The van der Waals surface area contributed by atoms with E-state index in [9.17, 15) is 0 Å². The molecule has 2 heteroatoms. The number of rotatable bonds is 11. The minimum Gasteiger partial charge on any atom is -0.398 e. The summed E-state index contributed by atoms with van der Waals surface area (Å²) in [5.41, 5.74) is 22.5. The van der Waals surface area contributed by atoms with Gasteiger partial charge in [-0.1, -0.05) is 231 Å². The number of hydrogen-bond acceptors (Lipinski definition) is 2. The summed E-state index contributed by atoms with van der Waals surface area (Å²) in [5, 5.41) is 3.46. The molecule has 0 spiro atoms. The van der Waals surface area contributed by atoms with Crippen LogP contribution in [0, 0.1) is 6.92 Å². The molecule has 0 unspecified atom stereocenters. The summed E-state index contributed by atoms with van der Waals surface area (Å²) < 4.78 is 0. The zero-order valence-electron chi connectivity index (χ0n) is 35.2. The van der Waals surface area contributed by atoms with Gasteiger partial charge in [0.1, 0.15) is 0 Å². The molecule has 8 rings (SSSR count). The molecule has 2 nitrogen and oxygen atoms in total. The molecule has 0 aliphatic heterocycles. The fraction of sp³-hybridized carbons (Fsp3) is 0.0508. The highest BCUT2D eigenvalue weighted by Gasteiger charge is 2.04. The van der Waals surface area contributed by atoms with Crippen LogP contribution in [0.1, 0.15) is 29.2 Å². The van der Waals surface area contributed by atoms with E-state index in [1.54, 1.807) is 0 Å². The van der Waals surface area contributed by atoms with Gasteiger partial charge in [0.15, 0.2) is 0 Å². The summed E-state index contributed by atoms with van der Waals surface area (Å²) in [4.78, 5) is 0. The van der Waals surface area contributed by atoms with Gasteiger partial charge in [-0.3, -0.25) is 0 Å². The minimum atomic E-state index is 0.813. The fourth-order valence-electron chi connectivity index (χ4n) is 6.70. The maximum atomic E-state index is 6.20. The Labute approximate surface area is 363 Å². The van der Waals surface area contributed by atoms with Crippen LogP contribution in [0.2, 0.25) is 0 Å². The summed E-state index contributed by atoms with van der Waals surface area (Å²) in [6.45, 7) is 7.93. The average Bonchev–Trinajstić information content (AvgIpc) is 3.33. The van der Waals surface area contributed by atoms with Crippen LogP contribution in [-0.2, 0) is 6.42 Å². The molecular weight excluding hydrogens is 737 g/mol. The molecule has 300 valence electrons. The zero-order valence-corrected chi connectivity index (χ0v) is 35.2. The van der Waals surface area contributed by atoms with E-state index in [4.69, 9.17) is 5.73 Å². The molecule has 8 aromatic carbocycles. The smallest absolute Gasteiger partial charge is 0.0384 e. The van der Waals surface area contributed by atoms with Crippen molar-refractivity contribution >= 4 is 22.6 Å². The lowest BCUT2D eigenvalue weighted by atomic mass is 9.97. The van der Waals surface area contributed by atoms with Crippen LogP contribution in [-0.4, -0.2) is 0 Å². The van der Waals surface area contributed by atoms with Gasteiger partial charge >= 0.3 is 0 Å². The van der Waals surface area contributed by atoms with Gasteiger partial charge in [0.2, 0.25) is 0 Å². The molecular formula is C59H54N2. The van der Waals surface area contributed by atoms with Crippen LogP contribution in [0.4, 0.5) is 11.4 Å². The Balaban J connectivity index is 0.000000177. The Morgan fingerprint density at radius 2 is 0.918 bits per heavy atom. The molecule has 0 heterocycles. The van der Waals surface area contributed by atoms with E-state index < -0.39 is 0 Å². The van der Waals surface area contributed by atoms with Gasteiger partial charge in [-0.15, -0.1) is 0 Å². The number of anilines is 2. The number of benzene rings is 8. The first-order valence-corrected chi connectivity index (χ1v) is 20.7. The van der Waals surface area contributed by atoms with Crippen molar-refractivity contribution in [1.82, 2.24) is 0 Å². The summed E-state index contributed by atoms with van der Waals surface area (Å²) in [7, 11) is 0. The number of aryl methyl sites for hydroxylation is 1. The van der Waals surface area contributed by atoms with E-state index >= 15 is 0 Å². The SMILES string of the molecule is C=C/C=C(\C=C/C)c1cccc(-c2ccc(C/C=C(\N)c3ccccc3)cc2)c1.Cc1ccccc1.c1ccc(-c2ccc(Nc3ccc(-c4ccccc4)cc3)cc2)cc1.